The average Bonchev–Trinajstić information content (AvgIpc) is 2.91. The maximum atomic E-state index is 12.2. The number of carbonyl (C=O) groups excluding carboxylic acids is 2. The van der Waals surface area contributed by atoms with Crippen molar-refractivity contribution in [3.8, 4) is 0 Å². The molecule has 1 heterocycles. The number of nitrogens with zero attached hydrogens (tertiary/aromatic N) is 1. The minimum atomic E-state index is -0.341. The molecule has 104 valence electrons. The van der Waals surface area contributed by atoms with Crippen LogP contribution in [0.1, 0.15) is 27.9 Å². The number of hydrogen-bond donors (Lipinski definition) is 2. The number of anilines is 1. The summed E-state index contributed by atoms with van der Waals surface area (Å²) in [6, 6.07) is 14.2. The molecular weight excluding hydrogens is 266 g/mol. The van der Waals surface area contributed by atoms with Gasteiger partial charge in [0.15, 0.2) is 11.6 Å². The lowest BCUT2D eigenvalue weighted by Gasteiger charge is -2.04. The average molecular weight is 279 g/mol. The van der Waals surface area contributed by atoms with Crippen molar-refractivity contribution in [2.45, 2.75) is 6.92 Å². The molecule has 5 heteroatoms. The Bertz CT molecular complexity index is 803. The van der Waals surface area contributed by atoms with Gasteiger partial charge in [-0.1, -0.05) is 24.3 Å². The van der Waals surface area contributed by atoms with E-state index in [0.29, 0.717) is 11.3 Å². The van der Waals surface area contributed by atoms with Crippen molar-refractivity contribution in [3.63, 3.8) is 0 Å². The third kappa shape index (κ3) is 2.67. The molecule has 1 amide bonds. The van der Waals surface area contributed by atoms with Crippen LogP contribution < -0.4 is 5.32 Å². The highest BCUT2D eigenvalue weighted by Crippen LogP contribution is 2.14. The standard InChI is InChI=1S/C16H13N3O2/c1-10(20)11-5-4-6-12(9-11)17-16(21)15-18-13-7-2-3-8-14(13)19-15/h2-9H,1H3,(H,17,21)(H,18,19). The van der Waals surface area contributed by atoms with Gasteiger partial charge in [-0.05, 0) is 31.2 Å². The Labute approximate surface area is 121 Å². The first kappa shape index (κ1) is 13.1. The zero-order chi connectivity index (χ0) is 14.8. The Kier molecular flexibility index (Phi) is 3.23. The number of rotatable bonds is 3. The van der Waals surface area contributed by atoms with Crippen molar-refractivity contribution in [1.82, 2.24) is 9.97 Å². The highest BCUT2D eigenvalue weighted by Gasteiger charge is 2.12. The summed E-state index contributed by atoms with van der Waals surface area (Å²) in [6.07, 6.45) is 0. The molecule has 2 aromatic carbocycles. The molecule has 5 nitrogen and oxygen atoms in total. The molecule has 0 saturated carbocycles. The van der Waals surface area contributed by atoms with Gasteiger partial charge in [-0.3, -0.25) is 9.59 Å². The lowest BCUT2D eigenvalue weighted by molar-refractivity contribution is 0.100. The molecule has 0 aliphatic carbocycles. The van der Waals surface area contributed by atoms with E-state index in [4.69, 9.17) is 0 Å². The van der Waals surface area contributed by atoms with Crippen LogP contribution in [0, 0.1) is 0 Å². The highest BCUT2D eigenvalue weighted by molar-refractivity contribution is 6.04. The van der Waals surface area contributed by atoms with Crippen LogP contribution in [-0.2, 0) is 0 Å². The number of para-hydroxylation sites is 2. The second kappa shape index (κ2) is 5.20. The van der Waals surface area contributed by atoms with Gasteiger partial charge < -0.3 is 10.3 Å². The summed E-state index contributed by atoms with van der Waals surface area (Å²) in [7, 11) is 0. The van der Waals surface area contributed by atoms with Crippen molar-refractivity contribution in [1.29, 1.82) is 0 Å². The second-order valence-electron chi connectivity index (χ2n) is 4.69. The monoisotopic (exact) mass is 279 g/mol. The Hall–Kier alpha value is -2.95. The summed E-state index contributed by atoms with van der Waals surface area (Å²) in [5, 5.41) is 2.73. The first-order chi connectivity index (χ1) is 10.1. The smallest absolute Gasteiger partial charge is 0.291 e. The topological polar surface area (TPSA) is 74.8 Å². The third-order valence-corrected chi connectivity index (χ3v) is 3.13. The van der Waals surface area contributed by atoms with Crippen molar-refractivity contribution < 1.29 is 9.59 Å². The molecule has 1 aromatic heterocycles. The molecule has 3 aromatic rings. The van der Waals surface area contributed by atoms with Crippen LogP contribution in [0.5, 0.6) is 0 Å². The molecule has 0 aliphatic heterocycles. The van der Waals surface area contributed by atoms with Gasteiger partial charge >= 0.3 is 0 Å². The van der Waals surface area contributed by atoms with Crippen LogP contribution in [-0.4, -0.2) is 21.7 Å². The molecule has 0 spiro atoms. The van der Waals surface area contributed by atoms with Crippen molar-refractivity contribution >= 4 is 28.4 Å². The molecule has 0 unspecified atom stereocenters. The van der Waals surface area contributed by atoms with Crippen molar-refractivity contribution in [2.75, 3.05) is 5.32 Å². The fourth-order valence-electron chi connectivity index (χ4n) is 2.07. The number of hydrogen-bond acceptors (Lipinski definition) is 3. The van der Waals surface area contributed by atoms with Gasteiger partial charge in [0.1, 0.15) is 0 Å². The number of carbonyl (C=O) groups is 2. The van der Waals surface area contributed by atoms with Crippen LogP contribution in [0.4, 0.5) is 5.69 Å². The fraction of sp³-hybridized carbons (Fsp3) is 0.0625. The van der Waals surface area contributed by atoms with Crippen molar-refractivity contribution in [3.05, 3.63) is 59.9 Å². The number of H-pyrrole nitrogens is 1. The molecule has 0 saturated heterocycles. The SMILES string of the molecule is CC(=O)c1cccc(NC(=O)c2nc3ccccc3[nH]2)c1. The minimum Gasteiger partial charge on any atom is -0.334 e. The molecule has 0 atom stereocenters. The Morgan fingerprint density at radius 3 is 2.67 bits per heavy atom. The van der Waals surface area contributed by atoms with E-state index in [2.05, 4.69) is 15.3 Å². The first-order valence-corrected chi connectivity index (χ1v) is 6.50. The van der Waals surface area contributed by atoms with Crippen molar-refractivity contribution in [2.24, 2.45) is 0 Å². The molecule has 0 bridgehead atoms. The normalized spacial score (nSPS) is 10.5. The van der Waals surface area contributed by atoms with Gasteiger partial charge in [0.25, 0.3) is 5.91 Å². The van der Waals surface area contributed by atoms with Gasteiger partial charge in [-0.2, -0.15) is 0 Å². The van der Waals surface area contributed by atoms with Gasteiger partial charge in [-0.25, -0.2) is 4.98 Å². The number of imidazole rings is 1. The molecule has 0 aliphatic rings. The number of fused-ring (bicyclic) bond motifs is 1. The number of nitrogens with one attached hydrogen (secondary N) is 2. The van der Waals surface area contributed by atoms with E-state index in [1.165, 1.54) is 6.92 Å². The number of amides is 1. The number of aromatic amines is 1. The van der Waals surface area contributed by atoms with E-state index in [-0.39, 0.29) is 17.5 Å². The molecular formula is C16H13N3O2. The van der Waals surface area contributed by atoms with E-state index < -0.39 is 0 Å². The quantitative estimate of drug-likeness (QED) is 0.724. The van der Waals surface area contributed by atoms with E-state index in [1.807, 2.05) is 24.3 Å². The predicted octanol–water partition coefficient (Wildman–Crippen LogP) is 3.02. The maximum Gasteiger partial charge on any atom is 0.291 e. The molecule has 0 radical (unpaired) electrons. The van der Waals surface area contributed by atoms with E-state index in [0.717, 1.165) is 11.0 Å². The molecule has 21 heavy (non-hydrogen) atoms. The second-order valence-corrected chi connectivity index (χ2v) is 4.69. The first-order valence-electron chi connectivity index (χ1n) is 6.50. The summed E-state index contributed by atoms with van der Waals surface area (Å²) in [4.78, 5) is 30.7. The molecule has 3 rings (SSSR count). The Morgan fingerprint density at radius 2 is 1.90 bits per heavy atom. The van der Waals surface area contributed by atoms with Gasteiger partial charge in [-0.15, -0.1) is 0 Å². The van der Waals surface area contributed by atoms with E-state index in [1.54, 1.807) is 24.3 Å². The Morgan fingerprint density at radius 1 is 1.10 bits per heavy atom. The summed E-state index contributed by atoms with van der Waals surface area (Å²) >= 11 is 0. The zero-order valence-electron chi connectivity index (χ0n) is 11.4. The summed E-state index contributed by atoms with van der Waals surface area (Å²) in [6.45, 7) is 1.49. The van der Waals surface area contributed by atoms with Gasteiger partial charge in [0.05, 0.1) is 11.0 Å². The zero-order valence-corrected chi connectivity index (χ0v) is 11.4. The highest BCUT2D eigenvalue weighted by atomic mass is 16.2. The molecule has 0 fully saturated rings. The summed E-state index contributed by atoms with van der Waals surface area (Å²) in [5.41, 5.74) is 2.66. The predicted molar refractivity (Wildman–Crippen MR) is 80.5 cm³/mol. The maximum absolute atomic E-state index is 12.2. The van der Waals surface area contributed by atoms with Crippen LogP contribution in [0.3, 0.4) is 0 Å². The van der Waals surface area contributed by atoms with Crippen LogP contribution in [0.2, 0.25) is 0 Å². The van der Waals surface area contributed by atoms with E-state index in [9.17, 15) is 9.59 Å². The van der Waals surface area contributed by atoms with Crippen LogP contribution >= 0.6 is 0 Å². The molecule has 2 N–H and O–H groups in total. The lowest BCUT2D eigenvalue weighted by atomic mass is 10.1. The third-order valence-electron chi connectivity index (χ3n) is 3.13. The van der Waals surface area contributed by atoms with Gasteiger partial charge in [0.2, 0.25) is 0 Å². The number of benzene rings is 2. The Balaban J connectivity index is 1.85. The number of ketones is 1. The largest absolute Gasteiger partial charge is 0.334 e. The minimum absolute atomic E-state index is 0.0464. The van der Waals surface area contributed by atoms with Crippen LogP contribution in [0.15, 0.2) is 48.5 Å². The summed E-state index contributed by atoms with van der Waals surface area (Å²) < 4.78 is 0. The van der Waals surface area contributed by atoms with Gasteiger partial charge in [0, 0.05) is 11.3 Å². The lowest BCUT2D eigenvalue weighted by Crippen LogP contribution is -2.13. The van der Waals surface area contributed by atoms with E-state index >= 15 is 0 Å². The van der Waals surface area contributed by atoms with Crippen LogP contribution in [0.25, 0.3) is 11.0 Å². The summed E-state index contributed by atoms with van der Waals surface area (Å²) in [5.74, 6) is -0.147. The number of Topliss-reactive ketones (excluding diaryl/α,β-unsaturated/α-hetero) is 1. The number of aromatic nitrogens is 2. The fourth-order valence-corrected chi connectivity index (χ4v) is 2.07.